The summed E-state index contributed by atoms with van der Waals surface area (Å²) in [7, 11) is 0. The quantitative estimate of drug-likeness (QED) is 0.547. The van der Waals surface area contributed by atoms with Crippen molar-refractivity contribution >= 4 is 12.4 Å². The van der Waals surface area contributed by atoms with Gasteiger partial charge in [0.2, 0.25) is 0 Å². The Hall–Kier alpha value is -0.660. The molecule has 0 radical (unpaired) electrons. The Balaban J connectivity index is 1.96. The van der Waals surface area contributed by atoms with Crippen molar-refractivity contribution in [1.82, 2.24) is 0 Å². The molecule has 2 saturated carbocycles. The number of nitrogens with zero attached hydrogens (tertiary/aromatic N) is 2. The summed E-state index contributed by atoms with van der Waals surface area (Å²) in [5.41, 5.74) is 0. The SMILES string of the molecule is CC(C)[C@@H]1CC[C@@H](C)C[C@H]1N=CC=N[C@@H]1C[C@H](C)CC[C@H]1C(C)C. The van der Waals surface area contributed by atoms with E-state index in [4.69, 9.17) is 9.98 Å². The largest absolute Gasteiger partial charge is 0.288 e. The summed E-state index contributed by atoms with van der Waals surface area (Å²) in [6, 6.07) is 1.01. The average molecular weight is 333 g/mol. The molecule has 0 aromatic heterocycles. The number of hydrogen-bond acceptors (Lipinski definition) is 2. The van der Waals surface area contributed by atoms with Gasteiger partial charge in [0.25, 0.3) is 0 Å². The Morgan fingerprint density at radius 1 is 0.667 bits per heavy atom. The fourth-order valence-electron chi connectivity index (χ4n) is 4.94. The highest BCUT2D eigenvalue weighted by atomic mass is 14.8. The highest BCUT2D eigenvalue weighted by Crippen LogP contribution is 2.36. The number of aliphatic imine (C=N–C) groups is 2. The predicted molar refractivity (Wildman–Crippen MR) is 107 cm³/mol. The van der Waals surface area contributed by atoms with Crippen LogP contribution >= 0.6 is 0 Å². The van der Waals surface area contributed by atoms with Crippen molar-refractivity contribution in [3.63, 3.8) is 0 Å². The molecule has 2 heteroatoms. The maximum absolute atomic E-state index is 4.94. The molecule has 2 aliphatic carbocycles. The van der Waals surface area contributed by atoms with Gasteiger partial charge in [0.1, 0.15) is 0 Å². The Morgan fingerprint density at radius 2 is 1.04 bits per heavy atom. The summed E-state index contributed by atoms with van der Waals surface area (Å²) in [6.07, 6.45) is 12.0. The molecule has 0 aromatic carbocycles. The van der Waals surface area contributed by atoms with Crippen LogP contribution < -0.4 is 0 Å². The lowest BCUT2D eigenvalue weighted by molar-refractivity contribution is 0.201. The monoisotopic (exact) mass is 332 g/mol. The molecule has 2 nitrogen and oxygen atoms in total. The summed E-state index contributed by atoms with van der Waals surface area (Å²) in [4.78, 5) is 9.87. The minimum absolute atomic E-state index is 0.506. The molecule has 0 aromatic rings. The van der Waals surface area contributed by atoms with Crippen LogP contribution in [0.3, 0.4) is 0 Å². The lowest BCUT2D eigenvalue weighted by atomic mass is 9.74. The highest BCUT2D eigenvalue weighted by molar-refractivity contribution is 6.16. The Morgan fingerprint density at radius 3 is 1.38 bits per heavy atom. The lowest BCUT2D eigenvalue weighted by Gasteiger charge is -2.35. The van der Waals surface area contributed by atoms with Crippen LogP contribution in [0.4, 0.5) is 0 Å². The molecule has 24 heavy (non-hydrogen) atoms. The standard InChI is InChI=1S/C22H40N2/c1-15(2)19-9-7-17(5)13-21(19)23-11-12-24-22-14-18(6)8-10-20(22)16(3)4/h11-12,15-22H,7-10,13-14H2,1-6H3/t17-,18-,19+,20+,21-,22-/m1/s1. The second-order valence-corrected chi connectivity index (χ2v) is 9.38. The number of hydrogen-bond donors (Lipinski definition) is 0. The zero-order valence-corrected chi connectivity index (χ0v) is 16.9. The summed E-state index contributed by atoms with van der Waals surface area (Å²) in [6.45, 7) is 14.2. The third kappa shape index (κ3) is 5.43. The molecule has 0 bridgehead atoms. The van der Waals surface area contributed by atoms with Crippen molar-refractivity contribution in [2.24, 2.45) is 45.5 Å². The van der Waals surface area contributed by atoms with E-state index < -0.39 is 0 Å². The van der Waals surface area contributed by atoms with E-state index in [1.165, 1.54) is 38.5 Å². The smallest absolute Gasteiger partial charge is 0.0533 e. The van der Waals surface area contributed by atoms with Gasteiger partial charge in [0.05, 0.1) is 12.1 Å². The predicted octanol–water partition coefficient (Wildman–Crippen LogP) is 6.05. The van der Waals surface area contributed by atoms with Gasteiger partial charge in [-0.3, -0.25) is 9.98 Å². The van der Waals surface area contributed by atoms with E-state index in [-0.39, 0.29) is 0 Å². The molecular weight excluding hydrogens is 292 g/mol. The molecule has 6 atom stereocenters. The van der Waals surface area contributed by atoms with E-state index in [1.807, 2.05) is 12.4 Å². The van der Waals surface area contributed by atoms with Crippen LogP contribution in [0.15, 0.2) is 9.98 Å². The zero-order chi connectivity index (χ0) is 17.7. The first-order valence-corrected chi connectivity index (χ1v) is 10.4. The van der Waals surface area contributed by atoms with Gasteiger partial charge in [-0.2, -0.15) is 0 Å². The van der Waals surface area contributed by atoms with Crippen molar-refractivity contribution in [1.29, 1.82) is 0 Å². The second-order valence-electron chi connectivity index (χ2n) is 9.38. The van der Waals surface area contributed by atoms with E-state index in [0.29, 0.717) is 12.1 Å². The van der Waals surface area contributed by atoms with Crippen molar-refractivity contribution < 1.29 is 0 Å². The van der Waals surface area contributed by atoms with E-state index in [0.717, 1.165) is 35.5 Å². The summed E-state index contributed by atoms with van der Waals surface area (Å²) >= 11 is 0. The fourth-order valence-corrected chi connectivity index (χ4v) is 4.94. The molecule has 2 aliphatic rings. The minimum Gasteiger partial charge on any atom is -0.288 e. The topological polar surface area (TPSA) is 24.7 Å². The summed E-state index contributed by atoms with van der Waals surface area (Å²) in [5, 5.41) is 0. The highest BCUT2D eigenvalue weighted by Gasteiger charge is 2.31. The molecule has 0 aliphatic heterocycles. The van der Waals surface area contributed by atoms with Crippen LogP contribution in [0.1, 0.15) is 80.1 Å². The Bertz CT molecular complexity index is 384. The zero-order valence-electron chi connectivity index (χ0n) is 16.9. The Kier molecular flexibility index (Phi) is 7.50. The van der Waals surface area contributed by atoms with Gasteiger partial charge < -0.3 is 0 Å². The first-order valence-electron chi connectivity index (χ1n) is 10.4. The van der Waals surface area contributed by atoms with Crippen LogP contribution in [0.25, 0.3) is 0 Å². The van der Waals surface area contributed by atoms with Crippen molar-refractivity contribution in [2.45, 2.75) is 92.2 Å². The van der Waals surface area contributed by atoms with E-state index in [2.05, 4.69) is 41.5 Å². The van der Waals surface area contributed by atoms with Crippen LogP contribution in [-0.4, -0.2) is 24.5 Å². The molecular formula is C22H40N2. The average Bonchev–Trinajstić information content (AvgIpc) is 2.51. The van der Waals surface area contributed by atoms with E-state index in [9.17, 15) is 0 Å². The van der Waals surface area contributed by atoms with Gasteiger partial charge in [0, 0.05) is 12.4 Å². The van der Waals surface area contributed by atoms with Crippen molar-refractivity contribution in [3.8, 4) is 0 Å². The molecule has 2 fully saturated rings. The van der Waals surface area contributed by atoms with Gasteiger partial charge in [0.15, 0.2) is 0 Å². The molecule has 0 amide bonds. The van der Waals surface area contributed by atoms with Gasteiger partial charge >= 0.3 is 0 Å². The third-order valence-corrected chi connectivity index (χ3v) is 6.60. The van der Waals surface area contributed by atoms with E-state index in [1.54, 1.807) is 0 Å². The number of rotatable bonds is 5. The maximum Gasteiger partial charge on any atom is 0.0533 e. The lowest BCUT2D eigenvalue weighted by Crippen LogP contribution is -2.31. The maximum atomic E-state index is 4.94. The molecule has 2 rings (SSSR count). The van der Waals surface area contributed by atoms with E-state index >= 15 is 0 Å². The van der Waals surface area contributed by atoms with Crippen LogP contribution in [0.5, 0.6) is 0 Å². The van der Waals surface area contributed by atoms with Gasteiger partial charge in [-0.05, 0) is 61.2 Å². The van der Waals surface area contributed by atoms with Crippen LogP contribution in [-0.2, 0) is 0 Å². The van der Waals surface area contributed by atoms with Gasteiger partial charge in [-0.15, -0.1) is 0 Å². The Labute approximate surface area is 150 Å². The molecule has 0 heterocycles. The molecule has 0 N–H and O–H groups in total. The first-order chi connectivity index (χ1) is 11.4. The second kappa shape index (κ2) is 9.15. The van der Waals surface area contributed by atoms with Crippen LogP contribution in [0.2, 0.25) is 0 Å². The molecule has 0 unspecified atom stereocenters. The molecule has 0 saturated heterocycles. The van der Waals surface area contributed by atoms with Gasteiger partial charge in [-0.1, -0.05) is 54.4 Å². The van der Waals surface area contributed by atoms with Crippen molar-refractivity contribution in [2.75, 3.05) is 0 Å². The summed E-state index contributed by atoms with van der Waals surface area (Å²) < 4.78 is 0. The fraction of sp³-hybridized carbons (Fsp3) is 0.909. The molecule has 138 valence electrons. The molecule has 0 spiro atoms. The normalized spacial score (nSPS) is 38.7. The minimum atomic E-state index is 0.506. The van der Waals surface area contributed by atoms with Crippen molar-refractivity contribution in [3.05, 3.63) is 0 Å². The van der Waals surface area contributed by atoms with Gasteiger partial charge in [-0.25, -0.2) is 0 Å². The first kappa shape index (κ1) is 19.7. The third-order valence-electron chi connectivity index (χ3n) is 6.60. The van der Waals surface area contributed by atoms with Crippen LogP contribution in [0, 0.1) is 35.5 Å². The summed E-state index contributed by atoms with van der Waals surface area (Å²) in [5.74, 6) is 4.63.